The Morgan fingerprint density at radius 1 is 1.50 bits per heavy atom. The molecule has 0 aliphatic heterocycles. The molecule has 1 rings (SSSR count). The average Bonchev–Trinajstić information content (AvgIpc) is 2.28. The van der Waals surface area contributed by atoms with Gasteiger partial charge >= 0.3 is 0 Å². The monoisotopic (exact) mass is 252 g/mol. The lowest BCUT2D eigenvalue weighted by molar-refractivity contribution is -0.125. The normalized spacial score (nSPS) is 24.1. The molecule has 102 valence electrons. The summed E-state index contributed by atoms with van der Waals surface area (Å²) < 4.78 is 5.61. The highest BCUT2D eigenvalue weighted by atomic mass is 16.5. The van der Waals surface area contributed by atoms with Crippen LogP contribution in [-0.2, 0) is 14.3 Å². The molecule has 0 fully saturated rings. The quantitative estimate of drug-likeness (QED) is 0.728. The number of Topliss-reactive ketones (excluding diaryl/α,β-unsaturated/α-hetero) is 1. The van der Waals surface area contributed by atoms with Crippen LogP contribution in [0.4, 0.5) is 0 Å². The molecule has 1 unspecified atom stereocenters. The SMILES string of the molecule is CC(=O)CCC1(C)CCC(OCC(C)C)=CC1=O. The molecule has 0 radical (unpaired) electrons. The van der Waals surface area contributed by atoms with Gasteiger partial charge in [0.1, 0.15) is 5.78 Å². The van der Waals surface area contributed by atoms with Gasteiger partial charge in [-0.15, -0.1) is 0 Å². The number of carbonyl (C=O) groups excluding carboxylic acids is 2. The van der Waals surface area contributed by atoms with Crippen molar-refractivity contribution in [1.82, 2.24) is 0 Å². The fourth-order valence-corrected chi connectivity index (χ4v) is 2.00. The van der Waals surface area contributed by atoms with Crippen molar-refractivity contribution in [3.05, 3.63) is 11.8 Å². The largest absolute Gasteiger partial charge is 0.498 e. The minimum atomic E-state index is -0.379. The Hall–Kier alpha value is -1.12. The zero-order valence-electron chi connectivity index (χ0n) is 11.9. The summed E-state index contributed by atoms with van der Waals surface area (Å²) in [4.78, 5) is 23.1. The average molecular weight is 252 g/mol. The van der Waals surface area contributed by atoms with Gasteiger partial charge in [-0.05, 0) is 25.7 Å². The van der Waals surface area contributed by atoms with E-state index in [9.17, 15) is 9.59 Å². The molecule has 0 heterocycles. The number of hydrogen-bond donors (Lipinski definition) is 0. The Morgan fingerprint density at radius 2 is 2.17 bits per heavy atom. The van der Waals surface area contributed by atoms with Crippen LogP contribution in [0.15, 0.2) is 11.8 Å². The minimum absolute atomic E-state index is 0.105. The van der Waals surface area contributed by atoms with Crippen molar-refractivity contribution in [2.45, 2.75) is 53.4 Å². The smallest absolute Gasteiger partial charge is 0.164 e. The summed E-state index contributed by atoms with van der Waals surface area (Å²) in [5.41, 5.74) is -0.379. The van der Waals surface area contributed by atoms with Crippen molar-refractivity contribution in [2.75, 3.05) is 6.61 Å². The summed E-state index contributed by atoms with van der Waals surface area (Å²) in [7, 11) is 0. The third kappa shape index (κ3) is 4.28. The lowest BCUT2D eigenvalue weighted by atomic mass is 9.73. The number of rotatable bonds is 6. The Bertz CT molecular complexity index is 355. The van der Waals surface area contributed by atoms with Gasteiger partial charge < -0.3 is 9.53 Å². The van der Waals surface area contributed by atoms with Crippen molar-refractivity contribution >= 4 is 11.6 Å². The first-order valence-corrected chi connectivity index (χ1v) is 6.71. The molecule has 0 amide bonds. The summed E-state index contributed by atoms with van der Waals surface area (Å²) in [6.07, 6.45) is 4.34. The van der Waals surface area contributed by atoms with E-state index in [1.54, 1.807) is 13.0 Å². The molecule has 0 aromatic heterocycles. The fourth-order valence-electron chi connectivity index (χ4n) is 2.00. The molecule has 0 aromatic rings. The Kier molecular flexibility index (Phi) is 5.12. The predicted octanol–water partition coefficient (Wildman–Crippen LogP) is 3.28. The standard InChI is InChI=1S/C15H24O3/c1-11(2)10-18-13-6-8-15(4,14(17)9-13)7-5-12(3)16/h9,11H,5-8,10H2,1-4H3. The van der Waals surface area contributed by atoms with Crippen LogP contribution >= 0.6 is 0 Å². The van der Waals surface area contributed by atoms with Crippen LogP contribution in [0, 0.1) is 11.3 Å². The molecule has 0 saturated carbocycles. The Morgan fingerprint density at radius 3 is 2.67 bits per heavy atom. The maximum Gasteiger partial charge on any atom is 0.164 e. The zero-order valence-corrected chi connectivity index (χ0v) is 11.9. The minimum Gasteiger partial charge on any atom is -0.498 e. The highest BCUT2D eigenvalue weighted by molar-refractivity contribution is 5.96. The Balaban J connectivity index is 2.58. The van der Waals surface area contributed by atoms with E-state index in [1.165, 1.54) is 0 Å². The van der Waals surface area contributed by atoms with Crippen molar-refractivity contribution in [1.29, 1.82) is 0 Å². The van der Waals surface area contributed by atoms with E-state index in [-0.39, 0.29) is 17.0 Å². The van der Waals surface area contributed by atoms with E-state index < -0.39 is 0 Å². The number of ketones is 2. The van der Waals surface area contributed by atoms with Gasteiger partial charge in [-0.1, -0.05) is 20.8 Å². The van der Waals surface area contributed by atoms with Crippen molar-refractivity contribution in [3.8, 4) is 0 Å². The summed E-state index contributed by atoms with van der Waals surface area (Å²) in [6.45, 7) is 8.35. The van der Waals surface area contributed by atoms with E-state index in [1.807, 2.05) is 6.92 Å². The first-order chi connectivity index (χ1) is 8.33. The van der Waals surface area contributed by atoms with Crippen molar-refractivity contribution in [2.24, 2.45) is 11.3 Å². The maximum atomic E-state index is 12.1. The van der Waals surface area contributed by atoms with Crippen LogP contribution in [-0.4, -0.2) is 18.2 Å². The van der Waals surface area contributed by atoms with Crippen LogP contribution < -0.4 is 0 Å². The van der Waals surface area contributed by atoms with E-state index in [4.69, 9.17) is 4.74 Å². The molecule has 1 aliphatic rings. The van der Waals surface area contributed by atoms with E-state index >= 15 is 0 Å². The number of allylic oxidation sites excluding steroid dienone is 2. The zero-order chi connectivity index (χ0) is 13.8. The number of carbonyl (C=O) groups is 2. The lowest BCUT2D eigenvalue weighted by Gasteiger charge is -2.31. The molecular formula is C15H24O3. The van der Waals surface area contributed by atoms with Gasteiger partial charge in [-0.3, -0.25) is 4.79 Å². The van der Waals surface area contributed by atoms with Gasteiger partial charge in [0.15, 0.2) is 5.78 Å². The third-order valence-electron chi connectivity index (χ3n) is 3.44. The van der Waals surface area contributed by atoms with Crippen LogP contribution in [0.25, 0.3) is 0 Å². The second kappa shape index (κ2) is 6.17. The Labute approximate surface area is 110 Å². The molecule has 0 bridgehead atoms. The molecule has 1 atom stereocenters. The van der Waals surface area contributed by atoms with Gasteiger partial charge in [0.25, 0.3) is 0 Å². The second-order valence-electron chi connectivity index (χ2n) is 5.94. The molecule has 0 aromatic carbocycles. The fraction of sp³-hybridized carbons (Fsp3) is 0.733. The van der Waals surface area contributed by atoms with Crippen LogP contribution in [0.2, 0.25) is 0 Å². The lowest BCUT2D eigenvalue weighted by Crippen LogP contribution is -2.31. The molecule has 3 heteroatoms. The van der Waals surface area contributed by atoms with E-state index in [2.05, 4.69) is 13.8 Å². The number of hydrogen-bond acceptors (Lipinski definition) is 3. The molecule has 0 spiro atoms. The van der Waals surface area contributed by atoms with E-state index in [0.29, 0.717) is 25.4 Å². The maximum absolute atomic E-state index is 12.1. The molecule has 3 nitrogen and oxygen atoms in total. The number of ether oxygens (including phenoxy) is 1. The third-order valence-corrected chi connectivity index (χ3v) is 3.44. The van der Waals surface area contributed by atoms with E-state index in [0.717, 1.165) is 18.6 Å². The van der Waals surface area contributed by atoms with Crippen LogP contribution in [0.3, 0.4) is 0 Å². The van der Waals surface area contributed by atoms with Crippen molar-refractivity contribution < 1.29 is 14.3 Å². The first-order valence-electron chi connectivity index (χ1n) is 6.71. The summed E-state index contributed by atoms with van der Waals surface area (Å²) in [5.74, 6) is 1.52. The highest BCUT2D eigenvalue weighted by Crippen LogP contribution is 2.36. The second-order valence-corrected chi connectivity index (χ2v) is 5.94. The molecular weight excluding hydrogens is 228 g/mol. The van der Waals surface area contributed by atoms with Crippen molar-refractivity contribution in [3.63, 3.8) is 0 Å². The molecule has 18 heavy (non-hydrogen) atoms. The highest BCUT2D eigenvalue weighted by Gasteiger charge is 2.35. The van der Waals surface area contributed by atoms with Gasteiger partial charge in [-0.25, -0.2) is 0 Å². The van der Waals surface area contributed by atoms with Crippen LogP contribution in [0.5, 0.6) is 0 Å². The summed E-state index contributed by atoms with van der Waals surface area (Å²) in [5, 5.41) is 0. The topological polar surface area (TPSA) is 43.4 Å². The first kappa shape index (κ1) is 14.9. The van der Waals surface area contributed by atoms with Gasteiger partial charge in [0.2, 0.25) is 0 Å². The summed E-state index contributed by atoms with van der Waals surface area (Å²) >= 11 is 0. The van der Waals surface area contributed by atoms with Gasteiger partial charge in [0.05, 0.1) is 12.4 Å². The van der Waals surface area contributed by atoms with Crippen LogP contribution in [0.1, 0.15) is 53.4 Å². The van der Waals surface area contributed by atoms with Gasteiger partial charge in [-0.2, -0.15) is 0 Å². The molecule has 0 saturated heterocycles. The summed E-state index contributed by atoms with van der Waals surface area (Å²) in [6, 6.07) is 0. The van der Waals surface area contributed by atoms with Gasteiger partial charge in [0, 0.05) is 24.3 Å². The molecule has 1 aliphatic carbocycles. The predicted molar refractivity (Wildman–Crippen MR) is 71.1 cm³/mol. The molecule has 0 N–H and O–H groups in total.